The minimum Gasteiger partial charge on any atom is -0.481 e. The third kappa shape index (κ3) is 11.6. The summed E-state index contributed by atoms with van der Waals surface area (Å²) in [5.74, 6) is -6.12. The highest BCUT2D eigenvalue weighted by atomic mass is 35.5. The maximum atomic E-state index is 12.9. The molecule has 5 atom stereocenters. The van der Waals surface area contributed by atoms with Crippen molar-refractivity contribution in [1.82, 2.24) is 16.0 Å². The van der Waals surface area contributed by atoms with Gasteiger partial charge in [-0.15, -0.1) is 12.4 Å². The number of hydrogen-bond acceptors (Lipinski definition) is 7. The molecule has 2 unspecified atom stereocenters. The predicted octanol–water partition coefficient (Wildman–Crippen LogP) is -0.532. The van der Waals surface area contributed by atoms with Crippen LogP contribution in [0.5, 0.6) is 0 Å². The first kappa shape index (κ1) is 33.7. The second-order valence-electron chi connectivity index (χ2n) is 9.20. The Balaban J connectivity index is 0. The van der Waals surface area contributed by atoms with Gasteiger partial charge in [0, 0.05) is 6.04 Å². The first-order chi connectivity index (χ1) is 15.1. The highest BCUT2D eigenvalue weighted by Crippen LogP contribution is 2.10. The molecule has 0 radical (unpaired) electrons. The van der Waals surface area contributed by atoms with Gasteiger partial charge in [-0.2, -0.15) is 0 Å². The number of amides is 3. The van der Waals surface area contributed by atoms with Crippen LogP contribution in [0.3, 0.4) is 0 Å². The van der Waals surface area contributed by atoms with Crippen molar-refractivity contribution in [3.63, 3.8) is 0 Å². The number of carbonyl (C=O) groups excluding carboxylic acids is 3. The molecule has 198 valence electrons. The lowest BCUT2D eigenvalue weighted by Crippen LogP contribution is -2.60. The maximum Gasteiger partial charge on any atom is 0.326 e. The molecule has 0 fully saturated rings. The molecule has 0 aliphatic carbocycles. The number of halogens is 1. The third-order valence-corrected chi connectivity index (χ3v) is 4.90. The molecule has 13 heteroatoms. The van der Waals surface area contributed by atoms with Gasteiger partial charge < -0.3 is 37.0 Å². The van der Waals surface area contributed by atoms with Crippen molar-refractivity contribution in [1.29, 1.82) is 0 Å². The second-order valence-corrected chi connectivity index (χ2v) is 9.20. The average Bonchev–Trinajstić information content (AvgIpc) is 2.66. The number of carbonyl (C=O) groups is 5. The molecule has 3 amide bonds. The largest absolute Gasteiger partial charge is 0.481 e. The van der Waals surface area contributed by atoms with Crippen molar-refractivity contribution in [2.75, 3.05) is 0 Å². The van der Waals surface area contributed by atoms with Crippen LogP contribution in [0.15, 0.2) is 0 Å². The zero-order valence-electron chi connectivity index (χ0n) is 20.4. The molecule has 8 N–H and O–H groups in total. The van der Waals surface area contributed by atoms with E-state index in [2.05, 4.69) is 16.0 Å². The molecule has 0 saturated carbocycles. The normalized spacial score (nSPS) is 15.5. The van der Waals surface area contributed by atoms with Gasteiger partial charge in [0.2, 0.25) is 11.8 Å². The molecule has 0 aromatic rings. The first-order valence-electron chi connectivity index (χ1n) is 10.9. The number of hydrogen-bond donors (Lipinski definition) is 7. The molecule has 0 rings (SSSR count). The summed E-state index contributed by atoms with van der Waals surface area (Å²) in [6.07, 6.45) is -1.97. The van der Waals surface area contributed by atoms with Crippen molar-refractivity contribution in [2.45, 2.75) is 84.7 Å². The number of carboxylic acids is 2. The fourth-order valence-electron chi connectivity index (χ4n) is 3.06. The predicted molar refractivity (Wildman–Crippen MR) is 126 cm³/mol. The van der Waals surface area contributed by atoms with Gasteiger partial charge in [-0.1, -0.05) is 41.5 Å². The number of carboxylic acid groups (broad SMARTS) is 2. The molecule has 0 bridgehead atoms. The topological polar surface area (TPSA) is 208 Å². The van der Waals surface area contributed by atoms with Gasteiger partial charge in [-0.3, -0.25) is 19.2 Å². The van der Waals surface area contributed by atoms with Crippen molar-refractivity contribution in [3.05, 3.63) is 0 Å². The summed E-state index contributed by atoms with van der Waals surface area (Å²) >= 11 is 0. The Bertz CT molecular complexity index is 717. The van der Waals surface area contributed by atoms with E-state index in [9.17, 15) is 29.1 Å². The van der Waals surface area contributed by atoms with Crippen LogP contribution in [0.1, 0.15) is 54.4 Å². The zero-order chi connectivity index (χ0) is 26.0. The van der Waals surface area contributed by atoms with Crippen molar-refractivity contribution in [3.8, 4) is 0 Å². The third-order valence-electron chi connectivity index (χ3n) is 4.90. The fourth-order valence-corrected chi connectivity index (χ4v) is 3.06. The molecule has 0 heterocycles. The molecule has 0 aromatic heterocycles. The smallest absolute Gasteiger partial charge is 0.326 e. The van der Waals surface area contributed by atoms with Crippen LogP contribution in [0, 0.1) is 17.8 Å². The standard InChI is InChI=1S/C21H38N4O8.ClH/c1-9(2)7-12(22)17(28)20(31)25-16(11(5)6)19(30)24-15(10(3)4)18(29)23-13(21(32)33)8-14(26)27;/h9-13,15-17,28H,7-8,22H2,1-6H3,(H,23,29)(H,24,30)(H,25,31)(H,26,27)(H,32,33);1H/t12?,13-,15-,16-,17?;/m0./s1. The lowest BCUT2D eigenvalue weighted by Gasteiger charge is -2.29. The molecular formula is C21H39ClN4O8. The summed E-state index contributed by atoms with van der Waals surface area (Å²) in [6.45, 7) is 10.3. The average molecular weight is 511 g/mol. The van der Waals surface area contributed by atoms with Gasteiger partial charge in [0.1, 0.15) is 24.2 Å². The van der Waals surface area contributed by atoms with Gasteiger partial charge in [-0.05, 0) is 24.2 Å². The highest BCUT2D eigenvalue weighted by Gasteiger charge is 2.34. The molecule has 0 saturated heterocycles. The number of aliphatic hydroxyl groups is 1. The lowest BCUT2D eigenvalue weighted by atomic mass is 9.97. The molecule has 0 aliphatic rings. The van der Waals surface area contributed by atoms with Crippen LogP contribution in [-0.2, 0) is 24.0 Å². The van der Waals surface area contributed by atoms with E-state index in [0.29, 0.717) is 6.42 Å². The van der Waals surface area contributed by atoms with E-state index >= 15 is 0 Å². The second kappa shape index (κ2) is 15.5. The SMILES string of the molecule is CC(C)CC(N)C(O)C(=O)N[C@H](C(=O)N[C@H](C(=O)N[C@@H](CC(=O)O)C(=O)O)C(C)C)C(C)C.Cl. The Labute approximate surface area is 205 Å². The van der Waals surface area contributed by atoms with E-state index in [1.165, 1.54) is 0 Å². The minimum absolute atomic E-state index is 0. The van der Waals surface area contributed by atoms with Crippen LogP contribution in [-0.4, -0.2) is 75.3 Å². The molecule has 0 aliphatic heterocycles. The Morgan fingerprint density at radius 3 is 1.53 bits per heavy atom. The fraction of sp³-hybridized carbons (Fsp3) is 0.762. The maximum absolute atomic E-state index is 12.9. The summed E-state index contributed by atoms with van der Waals surface area (Å²) in [5, 5.41) is 35.2. The van der Waals surface area contributed by atoms with Crippen LogP contribution in [0.4, 0.5) is 0 Å². The Hall–Kier alpha value is -2.44. The van der Waals surface area contributed by atoms with E-state index in [1.807, 2.05) is 13.8 Å². The number of nitrogens with two attached hydrogens (primary N) is 1. The number of aliphatic hydroxyl groups excluding tert-OH is 1. The van der Waals surface area contributed by atoms with Crippen LogP contribution < -0.4 is 21.7 Å². The molecule has 0 aromatic carbocycles. The number of aliphatic carboxylic acids is 2. The van der Waals surface area contributed by atoms with Crippen molar-refractivity contribution >= 4 is 42.1 Å². The van der Waals surface area contributed by atoms with Gasteiger partial charge in [0.15, 0.2) is 0 Å². The van der Waals surface area contributed by atoms with Crippen molar-refractivity contribution < 1.29 is 39.3 Å². The summed E-state index contributed by atoms with van der Waals surface area (Å²) in [7, 11) is 0. The van der Waals surface area contributed by atoms with E-state index in [-0.39, 0.29) is 18.3 Å². The zero-order valence-corrected chi connectivity index (χ0v) is 21.2. The molecule has 12 nitrogen and oxygen atoms in total. The first-order valence-corrected chi connectivity index (χ1v) is 10.9. The Morgan fingerprint density at radius 2 is 1.18 bits per heavy atom. The Morgan fingerprint density at radius 1 is 0.765 bits per heavy atom. The number of nitrogens with one attached hydrogen (secondary N) is 3. The van der Waals surface area contributed by atoms with Gasteiger partial charge >= 0.3 is 11.9 Å². The minimum atomic E-state index is -1.67. The van der Waals surface area contributed by atoms with Gasteiger partial charge in [0.05, 0.1) is 6.42 Å². The van der Waals surface area contributed by atoms with Crippen LogP contribution >= 0.6 is 12.4 Å². The van der Waals surface area contributed by atoms with E-state index < -0.39 is 78.2 Å². The Kier molecular flexibility index (Phi) is 15.3. The van der Waals surface area contributed by atoms with Gasteiger partial charge in [0.25, 0.3) is 5.91 Å². The van der Waals surface area contributed by atoms with Crippen LogP contribution in [0.25, 0.3) is 0 Å². The monoisotopic (exact) mass is 510 g/mol. The van der Waals surface area contributed by atoms with Gasteiger partial charge in [-0.25, -0.2) is 4.79 Å². The lowest BCUT2D eigenvalue weighted by molar-refractivity contribution is -0.147. The van der Waals surface area contributed by atoms with Crippen molar-refractivity contribution in [2.24, 2.45) is 23.5 Å². The summed E-state index contributed by atoms with van der Waals surface area (Å²) in [6, 6.07) is -4.80. The van der Waals surface area contributed by atoms with E-state index in [4.69, 9.17) is 15.9 Å². The molecule has 34 heavy (non-hydrogen) atoms. The molecular weight excluding hydrogens is 472 g/mol. The van der Waals surface area contributed by atoms with E-state index in [0.717, 1.165) is 0 Å². The van der Waals surface area contributed by atoms with E-state index in [1.54, 1.807) is 27.7 Å². The summed E-state index contributed by atoms with van der Waals surface area (Å²) in [5.41, 5.74) is 5.86. The quantitative estimate of drug-likeness (QED) is 0.160. The number of rotatable bonds is 14. The summed E-state index contributed by atoms with van der Waals surface area (Å²) < 4.78 is 0. The summed E-state index contributed by atoms with van der Waals surface area (Å²) in [4.78, 5) is 60.0. The molecule has 0 spiro atoms. The van der Waals surface area contributed by atoms with Crippen LogP contribution in [0.2, 0.25) is 0 Å². The highest BCUT2D eigenvalue weighted by molar-refractivity contribution is 5.94.